The number of para-hydroxylation sites is 4. The van der Waals surface area contributed by atoms with Crippen molar-refractivity contribution in [3.05, 3.63) is 181 Å². The third kappa shape index (κ3) is 4.66. The predicted octanol–water partition coefficient (Wildman–Crippen LogP) is 11.2. The first-order valence-electron chi connectivity index (χ1n) is 17.3. The fourth-order valence-electron chi connectivity index (χ4n) is 7.72. The van der Waals surface area contributed by atoms with Crippen LogP contribution in [0.3, 0.4) is 0 Å². The molecule has 0 fully saturated rings. The lowest BCUT2D eigenvalue weighted by molar-refractivity contribution is 0.809. The van der Waals surface area contributed by atoms with Crippen molar-refractivity contribution in [2.24, 2.45) is 0 Å². The van der Waals surface area contributed by atoms with E-state index in [1.165, 1.54) is 10.8 Å². The standard InChI is InChI=1S/C46H27N7/c1-48-32-24-26-33(27-25-32)53-45(31-22-20-30(29-47)21-23-31)44(49-50-53)40-16-9-15-39-38-14-4-7-19-43(38)52(46(39)40)35-11-8-10-34(28-35)51-41-17-5-2-12-36(41)37-13-3-6-18-42(37)51/h2-28H. The minimum atomic E-state index is 0.548. The zero-order chi connectivity index (χ0) is 35.5. The molecule has 0 bridgehead atoms. The average Bonchev–Trinajstić information content (AvgIpc) is 3.92. The highest BCUT2D eigenvalue weighted by Crippen LogP contribution is 2.42. The van der Waals surface area contributed by atoms with Gasteiger partial charge in [-0.05, 0) is 60.7 Å². The summed E-state index contributed by atoms with van der Waals surface area (Å²) in [5, 5.41) is 23.8. The summed E-state index contributed by atoms with van der Waals surface area (Å²) in [4.78, 5) is 3.57. The number of nitriles is 1. The summed E-state index contributed by atoms with van der Waals surface area (Å²) in [5.74, 6) is 0. The van der Waals surface area contributed by atoms with E-state index in [0.717, 1.165) is 66.7 Å². The van der Waals surface area contributed by atoms with E-state index < -0.39 is 0 Å². The summed E-state index contributed by atoms with van der Waals surface area (Å²) < 4.78 is 6.50. The monoisotopic (exact) mass is 677 g/mol. The van der Waals surface area contributed by atoms with Gasteiger partial charge in [-0.25, -0.2) is 9.53 Å². The van der Waals surface area contributed by atoms with Crippen LogP contribution in [-0.2, 0) is 0 Å². The Morgan fingerprint density at radius 1 is 0.547 bits per heavy atom. The van der Waals surface area contributed by atoms with Crippen molar-refractivity contribution in [2.75, 3.05) is 0 Å². The Bertz CT molecular complexity index is 3070. The van der Waals surface area contributed by atoms with Crippen LogP contribution < -0.4 is 0 Å². The van der Waals surface area contributed by atoms with Gasteiger partial charge in [0.1, 0.15) is 11.4 Å². The van der Waals surface area contributed by atoms with Crippen LogP contribution in [0.5, 0.6) is 0 Å². The van der Waals surface area contributed by atoms with Gasteiger partial charge >= 0.3 is 0 Å². The van der Waals surface area contributed by atoms with E-state index in [1.54, 1.807) is 12.1 Å². The van der Waals surface area contributed by atoms with Gasteiger partial charge in [0.15, 0.2) is 5.69 Å². The lowest BCUT2D eigenvalue weighted by atomic mass is 10.0. The molecule has 0 unspecified atom stereocenters. The molecule has 3 aromatic heterocycles. The number of fused-ring (bicyclic) bond motifs is 6. The Morgan fingerprint density at radius 2 is 1.11 bits per heavy atom. The van der Waals surface area contributed by atoms with Crippen LogP contribution >= 0.6 is 0 Å². The Morgan fingerprint density at radius 3 is 1.75 bits per heavy atom. The summed E-state index contributed by atoms with van der Waals surface area (Å²) in [5.41, 5.74) is 11.7. The van der Waals surface area contributed by atoms with Gasteiger partial charge in [0.2, 0.25) is 0 Å². The summed E-state index contributed by atoms with van der Waals surface area (Å²) in [6.45, 7) is 7.45. The summed E-state index contributed by atoms with van der Waals surface area (Å²) in [7, 11) is 0. The van der Waals surface area contributed by atoms with Gasteiger partial charge < -0.3 is 9.13 Å². The second-order valence-electron chi connectivity index (χ2n) is 13.0. The van der Waals surface area contributed by atoms with Gasteiger partial charge in [0.25, 0.3) is 0 Å². The molecular formula is C46H27N7. The summed E-state index contributed by atoms with van der Waals surface area (Å²) >= 11 is 0. The van der Waals surface area contributed by atoms with E-state index in [-0.39, 0.29) is 0 Å². The van der Waals surface area contributed by atoms with Crippen molar-refractivity contribution in [1.29, 1.82) is 5.26 Å². The SMILES string of the molecule is [C-]#[N+]c1ccc(-n2nnc(-c3cccc4c5ccccc5n(-c5cccc(-n6c7ccccc7c7ccccc76)c5)c34)c2-c2ccc(C#N)cc2)cc1. The molecule has 0 saturated carbocycles. The van der Waals surface area contributed by atoms with E-state index in [9.17, 15) is 5.26 Å². The van der Waals surface area contributed by atoms with Crippen LogP contribution in [0, 0.1) is 17.9 Å². The molecule has 0 amide bonds. The zero-order valence-corrected chi connectivity index (χ0v) is 28.2. The molecule has 7 heteroatoms. The van der Waals surface area contributed by atoms with Crippen molar-refractivity contribution in [2.45, 2.75) is 0 Å². The van der Waals surface area contributed by atoms with Crippen LogP contribution in [0.2, 0.25) is 0 Å². The van der Waals surface area contributed by atoms with Gasteiger partial charge in [0, 0.05) is 44.0 Å². The highest BCUT2D eigenvalue weighted by Gasteiger charge is 2.24. The van der Waals surface area contributed by atoms with Crippen molar-refractivity contribution < 1.29 is 0 Å². The fourth-order valence-corrected chi connectivity index (χ4v) is 7.72. The van der Waals surface area contributed by atoms with E-state index in [0.29, 0.717) is 16.9 Å². The molecule has 7 nitrogen and oxygen atoms in total. The van der Waals surface area contributed by atoms with Crippen LogP contribution in [0.1, 0.15) is 5.56 Å². The lowest BCUT2D eigenvalue weighted by Gasteiger charge is -2.15. The van der Waals surface area contributed by atoms with E-state index >= 15 is 0 Å². The number of benzene rings is 7. The molecule has 0 aliphatic rings. The van der Waals surface area contributed by atoms with Gasteiger partial charge in [-0.15, -0.1) is 5.10 Å². The third-order valence-corrected chi connectivity index (χ3v) is 10.1. The number of hydrogen-bond acceptors (Lipinski definition) is 3. The number of aromatic nitrogens is 5. The summed E-state index contributed by atoms with van der Waals surface area (Å²) in [6, 6.07) is 57.8. The number of rotatable bonds is 5. The van der Waals surface area contributed by atoms with Crippen molar-refractivity contribution in [3.8, 4) is 45.6 Å². The molecule has 0 saturated heterocycles. The Balaban J connectivity index is 1.25. The number of hydrogen-bond donors (Lipinski definition) is 0. The Kier molecular flexibility index (Phi) is 6.79. The van der Waals surface area contributed by atoms with E-state index in [1.807, 2.05) is 41.1 Å². The lowest BCUT2D eigenvalue weighted by Crippen LogP contribution is -2.00. The highest BCUT2D eigenvalue weighted by atomic mass is 15.4. The second-order valence-corrected chi connectivity index (χ2v) is 13.0. The molecule has 0 atom stereocenters. The van der Waals surface area contributed by atoms with Crippen LogP contribution in [0.15, 0.2) is 164 Å². The minimum Gasteiger partial charge on any atom is -0.309 e. The van der Waals surface area contributed by atoms with E-state index in [2.05, 4.69) is 135 Å². The van der Waals surface area contributed by atoms with Crippen LogP contribution in [0.25, 0.3) is 88.0 Å². The van der Waals surface area contributed by atoms with E-state index in [4.69, 9.17) is 16.9 Å². The minimum absolute atomic E-state index is 0.548. The molecule has 53 heavy (non-hydrogen) atoms. The largest absolute Gasteiger partial charge is 0.309 e. The van der Waals surface area contributed by atoms with Gasteiger partial charge in [0.05, 0.1) is 46.0 Å². The topological polar surface area (TPSA) is 68.7 Å². The maximum Gasteiger partial charge on any atom is 0.187 e. The molecule has 0 radical (unpaired) electrons. The maximum atomic E-state index is 9.58. The molecule has 10 aromatic rings. The normalized spacial score (nSPS) is 11.4. The molecular weight excluding hydrogens is 651 g/mol. The average molecular weight is 678 g/mol. The first-order chi connectivity index (χ1) is 26.2. The molecule has 10 rings (SSSR count). The molecule has 0 spiro atoms. The second kappa shape index (κ2) is 11.9. The Labute approximate surface area is 304 Å². The molecule has 0 aliphatic carbocycles. The number of nitrogens with zero attached hydrogens (tertiary/aromatic N) is 7. The predicted molar refractivity (Wildman–Crippen MR) is 212 cm³/mol. The molecule has 0 aliphatic heterocycles. The van der Waals surface area contributed by atoms with Crippen LogP contribution in [-0.4, -0.2) is 24.1 Å². The van der Waals surface area contributed by atoms with Gasteiger partial charge in [-0.3, -0.25) is 0 Å². The molecule has 7 aromatic carbocycles. The zero-order valence-electron chi connectivity index (χ0n) is 28.2. The van der Waals surface area contributed by atoms with Crippen LogP contribution in [0.4, 0.5) is 5.69 Å². The van der Waals surface area contributed by atoms with Crippen molar-refractivity contribution in [1.82, 2.24) is 24.1 Å². The quantitative estimate of drug-likeness (QED) is 0.170. The Hall–Kier alpha value is -7.74. The highest BCUT2D eigenvalue weighted by molar-refractivity contribution is 6.14. The van der Waals surface area contributed by atoms with Crippen molar-refractivity contribution in [3.63, 3.8) is 0 Å². The van der Waals surface area contributed by atoms with Gasteiger partial charge in [-0.1, -0.05) is 108 Å². The smallest absolute Gasteiger partial charge is 0.187 e. The summed E-state index contributed by atoms with van der Waals surface area (Å²) in [6.07, 6.45) is 0. The molecule has 246 valence electrons. The van der Waals surface area contributed by atoms with Gasteiger partial charge in [-0.2, -0.15) is 5.26 Å². The first kappa shape index (κ1) is 30.1. The van der Waals surface area contributed by atoms with Crippen molar-refractivity contribution >= 4 is 49.3 Å². The molecule has 0 N–H and O–H groups in total. The fraction of sp³-hybridized carbons (Fsp3) is 0. The first-order valence-corrected chi connectivity index (χ1v) is 17.3. The maximum absolute atomic E-state index is 9.58. The third-order valence-electron chi connectivity index (χ3n) is 10.1. The molecule has 3 heterocycles.